The molecule has 348 valence electrons. The Labute approximate surface area is 409 Å². The van der Waals surface area contributed by atoms with E-state index in [2.05, 4.69) is 258 Å². The van der Waals surface area contributed by atoms with Crippen molar-refractivity contribution in [1.82, 2.24) is 0 Å². The standard InChI is InChI=1S/C68H76/c1-63(2,3)47-29-21-41(22-30-47)57-58(42-23-31-48(32-24-42)64(4,5)6)60(44-27-35-50(36-28-44)66(10,11)12)62-54-40-52(68(16,17)18)38-46-20-19-45-37-51(67(13,14)15)39-53(55(45)56(46)54)61(62)59(57)43-25-33-49(34-26-43)65(7,8)9/h19-40H,1-18H3. The van der Waals surface area contributed by atoms with Gasteiger partial charge in [-0.25, -0.2) is 0 Å². The van der Waals surface area contributed by atoms with Crippen LogP contribution in [0.2, 0.25) is 0 Å². The van der Waals surface area contributed by atoms with E-state index in [9.17, 15) is 0 Å². The van der Waals surface area contributed by atoms with Gasteiger partial charge in [-0.2, -0.15) is 0 Å². The van der Waals surface area contributed by atoms with Crippen LogP contribution < -0.4 is 0 Å². The summed E-state index contributed by atoms with van der Waals surface area (Å²) in [6.07, 6.45) is 0. The molecule has 9 aromatic rings. The first-order chi connectivity index (χ1) is 31.5. The van der Waals surface area contributed by atoms with Gasteiger partial charge in [0, 0.05) is 0 Å². The van der Waals surface area contributed by atoms with Crippen molar-refractivity contribution in [3.8, 4) is 44.5 Å². The molecule has 0 nitrogen and oxygen atoms in total. The van der Waals surface area contributed by atoms with Gasteiger partial charge in [-0.3, -0.25) is 0 Å². The minimum atomic E-state index is -0.0727. The zero-order valence-electron chi connectivity index (χ0n) is 44.7. The Kier molecular flexibility index (Phi) is 11.1. The summed E-state index contributed by atoms with van der Waals surface area (Å²) in [5.74, 6) is 0. The van der Waals surface area contributed by atoms with Crippen LogP contribution in [0.3, 0.4) is 0 Å². The van der Waals surface area contributed by atoms with Crippen molar-refractivity contribution in [1.29, 1.82) is 0 Å². The fourth-order valence-electron chi connectivity index (χ4n) is 10.6. The topological polar surface area (TPSA) is 0 Å². The molecular weight excluding hydrogens is 817 g/mol. The predicted molar refractivity (Wildman–Crippen MR) is 302 cm³/mol. The maximum Gasteiger partial charge on any atom is -0.000708 e. The van der Waals surface area contributed by atoms with E-state index in [1.807, 2.05) is 0 Å². The third-order valence-corrected chi connectivity index (χ3v) is 15.0. The Morgan fingerprint density at radius 1 is 0.206 bits per heavy atom. The first-order valence-electron chi connectivity index (χ1n) is 25.3. The molecule has 0 saturated carbocycles. The SMILES string of the molecule is CC(C)(C)c1ccc(-c2c(-c3ccc(C(C)(C)C)cc3)c(-c3ccc(C(C)(C)C)cc3)c3c4cc(C(C)(C)C)cc5ccc6cc(C(C)(C)C)cc(c3c2-c2ccc(C(C)(C)C)cc2)c6c54)cc1. The molecule has 0 saturated heterocycles. The van der Waals surface area contributed by atoms with Crippen LogP contribution in [0.4, 0.5) is 0 Å². The fraction of sp³-hybridized carbons (Fsp3) is 0.353. The molecule has 0 aliphatic carbocycles. The predicted octanol–water partition coefficient (Wildman–Crippen LogP) is 20.2. The normalized spacial score (nSPS) is 13.4. The summed E-state index contributed by atoms with van der Waals surface area (Å²) in [7, 11) is 0. The lowest BCUT2D eigenvalue weighted by Crippen LogP contribution is -2.12. The van der Waals surface area contributed by atoms with E-state index in [1.165, 1.54) is 121 Å². The molecule has 0 N–H and O–H groups in total. The van der Waals surface area contributed by atoms with Crippen molar-refractivity contribution in [2.45, 2.75) is 157 Å². The summed E-state index contributed by atoms with van der Waals surface area (Å²) in [4.78, 5) is 0. The zero-order valence-corrected chi connectivity index (χ0v) is 44.7. The highest BCUT2D eigenvalue weighted by molar-refractivity contribution is 6.40. The maximum absolute atomic E-state index is 2.57. The van der Waals surface area contributed by atoms with Gasteiger partial charge < -0.3 is 0 Å². The summed E-state index contributed by atoms with van der Waals surface area (Å²) in [5, 5.41) is 10.6. The largest absolute Gasteiger partial charge is 0.0579 e. The average Bonchev–Trinajstić information content (AvgIpc) is 3.25. The molecule has 9 aromatic carbocycles. The maximum atomic E-state index is 2.57. The number of hydrogen-bond donors (Lipinski definition) is 0. The van der Waals surface area contributed by atoms with Crippen molar-refractivity contribution in [2.24, 2.45) is 0 Å². The van der Waals surface area contributed by atoms with Crippen LogP contribution in [0.5, 0.6) is 0 Å². The molecule has 0 heteroatoms. The van der Waals surface area contributed by atoms with Crippen molar-refractivity contribution in [3.63, 3.8) is 0 Å². The lowest BCUT2D eigenvalue weighted by atomic mass is 9.73. The Morgan fingerprint density at radius 2 is 0.426 bits per heavy atom. The minimum Gasteiger partial charge on any atom is -0.0579 e. The van der Waals surface area contributed by atoms with Crippen molar-refractivity contribution in [2.75, 3.05) is 0 Å². The molecule has 0 spiro atoms. The Bertz CT molecular complexity index is 3110. The third kappa shape index (κ3) is 8.35. The van der Waals surface area contributed by atoms with Crippen molar-refractivity contribution >= 4 is 43.1 Å². The lowest BCUT2D eigenvalue weighted by molar-refractivity contribution is 0.590. The molecular formula is C68H76. The van der Waals surface area contributed by atoms with E-state index >= 15 is 0 Å². The highest BCUT2D eigenvalue weighted by Gasteiger charge is 2.31. The first-order valence-corrected chi connectivity index (χ1v) is 25.3. The number of fused-ring (bicyclic) bond motifs is 3. The van der Waals surface area contributed by atoms with E-state index in [4.69, 9.17) is 0 Å². The molecule has 68 heavy (non-hydrogen) atoms. The van der Waals surface area contributed by atoms with Crippen LogP contribution >= 0.6 is 0 Å². The molecule has 9 rings (SSSR count). The van der Waals surface area contributed by atoms with E-state index in [0.29, 0.717) is 0 Å². The van der Waals surface area contributed by atoms with Gasteiger partial charge in [-0.05, 0) is 166 Å². The van der Waals surface area contributed by atoms with E-state index < -0.39 is 0 Å². The van der Waals surface area contributed by atoms with Crippen LogP contribution in [-0.2, 0) is 32.5 Å². The molecule has 0 aliphatic heterocycles. The number of benzene rings is 9. The molecule has 0 bridgehead atoms. The van der Waals surface area contributed by atoms with E-state index in [-0.39, 0.29) is 32.5 Å². The number of hydrogen-bond acceptors (Lipinski definition) is 0. The summed E-state index contributed by atoms with van der Waals surface area (Å²) in [6.45, 7) is 42.1. The van der Waals surface area contributed by atoms with Crippen LogP contribution in [0.25, 0.3) is 87.6 Å². The molecule has 0 aromatic heterocycles. The van der Waals surface area contributed by atoms with Gasteiger partial charge in [0.25, 0.3) is 0 Å². The molecule has 0 radical (unpaired) electrons. The van der Waals surface area contributed by atoms with E-state index in [1.54, 1.807) is 0 Å². The molecule has 0 amide bonds. The second-order valence-corrected chi connectivity index (χ2v) is 26.4. The highest BCUT2D eigenvalue weighted by Crippen LogP contribution is 2.57. The monoisotopic (exact) mass is 893 g/mol. The second-order valence-electron chi connectivity index (χ2n) is 26.4. The van der Waals surface area contributed by atoms with Gasteiger partial charge in [0.1, 0.15) is 0 Å². The Hall–Kier alpha value is -5.72. The summed E-state index contributed by atoms with van der Waals surface area (Å²) in [6, 6.07) is 53.4. The average molecular weight is 893 g/mol. The Balaban J connectivity index is 1.66. The second kappa shape index (κ2) is 15.9. The van der Waals surface area contributed by atoms with Crippen molar-refractivity contribution in [3.05, 3.63) is 167 Å². The molecule has 0 unspecified atom stereocenters. The van der Waals surface area contributed by atoms with Crippen LogP contribution in [0.1, 0.15) is 158 Å². The Morgan fingerprint density at radius 3 is 0.647 bits per heavy atom. The van der Waals surface area contributed by atoms with Gasteiger partial charge in [0.15, 0.2) is 0 Å². The van der Waals surface area contributed by atoms with Crippen molar-refractivity contribution < 1.29 is 0 Å². The first kappa shape index (κ1) is 47.4. The molecule has 0 atom stereocenters. The smallest absolute Gasteiger partial charge is 0.000708 e. The molecule has 0 heterocycles. The van der Waals surface area contributed by atoms with E-state index in [0.717, 1.165) is 0 Å². The van der Waals surface area contributed by atoms with Gasteiger partial charge >= 0.3 is 0 Å². The lowest BCUT2D eigenvalue weighted by Gasteiger charge is -2.30. The fourth-order valence-corrected chi connectivity index (χ4v) is 10.6. The summed E-state index contributed by atoms with van der Waals surface area (Å²) >= 11 is 0. The zero-order chi connectivity index (χ0) is 49.3. The van der Waals surface area contributed by atoms with Crippen LogP contribution in [0, 0.1) is 0 Å². The highest BCUT2D eigenvalue weighted by atomic mass is 14.3. The number of rotatable bonds is 4. The van der Waals surface area contributed by atoms with Gasteiger partial charge in [0.05, 0.1) is 0 Å². The van der Waals surface area contributed by atoms with Gasteiger partial charge in [-0.1, -0.05) is 246 Å². The van der Waals surface area contributed by atoms with Crippen LogP contribution in [0.15, 0.2) is 133 Å². The minimum absolute atomic E-state index is 0.0116. The third-order valence-electron chi connectivity index (χ3n) is 15.0. The molecule has 0 aliphatic rings. The molecule has 0 fully saturated rings. The van der Waals surface area contributed by atoms with Gasteiger partial charge in [-0.15, -0.1) is 0 Å². The van der Waals surface area contributed by atoms with Gasteiger partial charge in [0.2, 0.25) is 0 Å². The van der Waals surface area contributed by atoms with Crippen LogP contribution in [-0.4, -0.2) is 0 Å². The quantitative estimate of drug-likeness (QED) is 0.122. The summed E-state index contributed by atoms with van der Waals surface area (Å²) in [5.41, 5.74) is 18.0. The summed E-state index contributed by atoms with van der Waals surface area (Å²) < 4.78 is 0.